The summed E-state index contributed by atoms with van der Waals surface area (Å²) >= 11 is 0. The van der Waals surface area contributed by atoms with Gasteiger partial charge in [-0.15, -0.1) is 0 Å². The number of nitrogens with two attached hydrogens (primary N) is 1. The van der Waals surface area contributed by atoms with E-state index in [0.29, 0.717) is 25.9 Å². The van der Waals surface area contributed by atoms with Crippen molar-refractivity contribution in [3.8, 4) is 0 Å². The van der Waals surface area contributed by atoms with Crippen LogP contribution in [-0.4, -0.2) is 48.0 Å². The van der Waals surface area contributed by atoms with Crippen molar-refractivity contribution in [2.75, 3.05) is 26.4 Å². The average molecular weight is 264 g/mol. The van der Waals surface area contributed by atoms with Crippen molar-refractivity contribution in [3.63, 3.8) is 0 Å². The molecule has 0 amide bonds. The van der Waals surface area contributed by atoms with Gasteiger partial charge in [-0.1, -0.05) is 0 Å². The predicted octanol–water partition coefficient (Wildman–Crippen LogP) is 0.509. The first kappa shape index (κ1) is 17.0. The molecular weight excluding hydrogens is 236 g/mol. The highest BCUT2D eigenvalue weighted by Crippen LogP contribution is 2.03. The van der Waals surface area contributed by atoms with Gasteiger partial charge in [-0.25, -0.2) is 0 Å². The van der Waals surface area contributed by atoms with E-state index < -0.39 is 9.53 Å². The SMILES string of the molecule is CC(N)CC1CN1.CCO[SiH](OCC)OCC. The molecule has 17 heavy (non-hydrogen) atoms. The summed E-state index contributed by atoms with van der Waals surface area (Å²) in [5.41, 5.74) is 5.49. The molecule has 0 saturated carbocycles. The van der Waals surface area contributed by atoms with Crippen molar-refractivity contribution in [3.05, 3.63) is 0 Å². The third-order valence-electron chi connectivity index (χ3n) is 2.06. The standard InChI is InChI=1S/C6H16O3Si.C5H12N2/c1-4-7-10(8-5-2)9-6-3;1-4(6)2-5-3-7-5/h10H,4-6H2,1-3H3;4-5,7H,2-3,6H2,1H3. The lowest BCUT2D eigenvalue weighted by Crippen LogP contribution is -2.27. The minimum absolute atomic E-state index is 0.375. The first-order chi connectivity index (χ1) is 8.13. The zero-order valence-corrected chi connectivity index (χ0v) is 12.7. The molecule has 2 unspecified atom stereocenters. The molecule has 1 aliphatic rings. The molecule has 0 aliphatic carbocycles. The monoisotopic (exact) mass is 264 g/mol. The second-order valence-electron chi connectivity index (χ2n) is 3.97. The maximum Gasteiger partial charge on any atom is 0.484 e. The Kier molecular flexibility index (Phi) is 11.1. The second kappa shape index (κ2) is 11.1. The Morgan fingerprint density at radius 1 is 1.18 bits per heavy atom. The number of rotatable bonds is 8. The summed E-state index contributed by atoms with van der Waals surface area (Å²) in [6.45, 7) is 11.1. The van der Waals surface area contributed by atoms with Crippen LogP contribution in [0.5, 0.6) is 0 Å². The zero-order chi connectivity index (χ0) is 13.1. The molecule has 2 atom stereocenters. The van der Waals surface area contributed by atoms with E-state index in [4.69, 9.17) is 19.0 Å². The molecule has 1 saturated heterocycles. The number of hydrogen-bond acceptors (Lipinski definition) is 5. The summed E-state index contributed by atoms with van der Waals surface area (Å²) < 4.78 is 15.7. The van der Waals surface area contributed by atoms with Gasteiger partial charge in [0.1, 0.15) is 0 Å². The second-order valence-corrected chi connectivity index (χ2v) is 5.55. The highest BCUT2D eigenvalue weighted by Gasteiger charge is 2.20. The molecule has 0 aromatic heterocycles. The van der Waals surface area contributed by atoms with Crippen molar-refractivity contribution in [1.29, 1.82) is 0 Å². The maximum absolute atomic E-state index is 5.49. The smallest absolute Gasteiger partial charge is 0.376 e. The Balaban J connectivity index is 0.000000318. The summed E-state index contributed by atoms with van der Waals surface area (Å²) in [6.07, 6.45) is 1.14. The summed E-state index contributed by atoms with van der Waals surface area (Å²) in [5, 5.41) is 3.19. The van der Waals surface area contributed by atoms with Crippen LogP contribution in [0, 0.1) is 0 Å². The molecule has 1 aliphatic heterocycles. The van der Waals surface area contributed by atoms with Crippen LogP contribution in [0.25, 0.3) is 0 Å². The highest BCUT2D eigenvalue weighted by atomic mass is 28.3. The van der Waals surface area contributed by atoms with Gasteiger partial charge in [0.15, 0.2) is 0 Å². The third kappa shape index (κ3) is 12.3. The van der Waals surface area contributed by atoms with Crippen molar-refractivity contribution >= 4 is 9.53 Å². The summed E-state index contributed by atoms with van der Waals surface area (Å²) in [7, 11) is -1.73. The van der Waals surface area contributed by atoms with E-state index in [1.165, 1.54) is 6.54 Å². The van der Waals surface area contributed by atoms with E-state index in [1.54, 1.807) is 0 Å². The van der Waals surface area contributed by atoms with Gasteiger partial charge < -0.3 is 24.3 Å². The molecule has 5 nitrogen and oxygen atoms in total. The van der Waals surface area contributed by atoms with Crippen LogP contribution in [0.15, 0.2) is 0 Å². The van der Waals surface area contributed by atoms with Crippen LogP contribution in [0.1, 0.15) is 34.1 Å². The van der Waals surface area contributed by atoms with Gasteiger partial charge in [-0.3, -0.25) is 0 Å². The molecule has 104 valence electrons. The van der Waals surface area contributed by atoms with Gasteiger partial charge in [0, 0.05) is 38.4 Å². The summed E-state index contributed by atoms with van der Waals surface area (Å²) in [4.78, 5) is 0. The Morgan fingerprint density at radius 2 is 1.59 bits per heavy atom. The Bertz CT molecular complexity index is 155. The fraction of sp³-hybridized carbons (Fsp3) is 1.00. The normalized spacial score (nSPS) is 19.8. The van der Waals surface area contributed by atoms with Crippen LogP contribution in [0.4, 0.5) is 0 Å². The average Bonchev–Trinajstić information content (AvgIpc) is 3.03. The van der Waals surface area contributed by atoms with Gasteiger partial charge in [-0.05, 0) is 34.1 Å². The number of hydrogen-bond donors (Lipinski definition) is 2. The first-order valence-electron chi connectivity index (χ1n) is 6.47. The maximum atomic E-state index is 5.49. The lowest BCUT2D eigenvalue weighted by molar-refractivity contribution is 0.107. The summed E-state index contributed by atoms with van der Waals surface area (Å²) in [6, 6.07) is 1.12. The Labute approximate surface area is 107 Å². The van der Waals surface area contributed by atoms with E-state index in [1.807, 2.05) is 27.7 Å². The fourth-order valence-corrected chi connectivity index (χ4v) is 2.36. The third-order valence-corrected chi connectivity index (χ3v) is 3.87. The summed E-state index contributed by atoms with van der Waals surface area (Å²) in [5.74, 6) is 0. The minimum Gasteiger partial charge on any atom is -0.376 e. The van der Waals surface area contributed by atoms with Crippen LogP contribution < -0.4 is 11.1 Å². The van der Waals surface area contributed by atoms with E-state index in [2.05, 4.69) is 5.32 Å². The van der Waals surface area contributed by atoms with E-state index >= 15 is 0 Å². The molecule has 0 radical (unpaired) electrons. The van der Waals surface area contributed by atoms with Gasteiger partial charge in [0.05, 0.1) is 0 Å². The van der Waals surface area contributed by atoms with Crippen LogP contribution in [0.2, 0.25) is 0 Å². The van der Waals surface area contributed by atoms with Crippen molar-refractivity contribution < 1.29 is 13.3 Å². The lowest BCUT2D eigenvalue weighted by atomic mass is 10.2. The molecule has 6 heteroatoms. The Hall–Kier alpha value is 0.0169. The molecule has 0 bridgehead atoms. The van der Waals surface area contributed by atoms with Crippen LogP contribution >= 0.6 is 0 Å². The Morgan fingerprint density at radius 3 is 1.76 bits per heavy atom. The molecule has 1 fully saturated rings. The van der Waals surface area contributed by atoms with Gasteiger partial charge in [0.25, 0.3) is 0 Å². The zero-order valence-electron chi connectivity index (χ0n) is 11.6. The highest BCUT2D eigenvalue weighted by molar-refractivity contribution is 6.36. The lowest BCUT2D eigenvalue weighted by Gasteiger charge is -2.12. The van der Waals surface area contributed by atoms with Gasteiger partial charge >= 0.3 is 9.53 Å². The topological polar surface area (TPSA) is 75.7 Å². The van der Waals surface area contributed by atoms with E-state index in [0.717, 1.165) is 12.5 Å². The largest absolute Gasteiger partial charge is 0.484 e. The van der Waals surface area contributed by atoms with E-state index in [9.17, 15) is 0 Å². The molecule has 0 aromatic carbocycles. The molecule has 1 heterocycles. The van der Waals surface area contributed by atoms with Crippen molar-refractivity contribution in [1.82, 2.24) is 5.32 Å². The van der Waals surface area contributed by atoms with Crippen LogP contribution in [0.3, 0.4) is 0 Å². The predicted molar refractivity (Wildman–Crippen MR) is 72.1 cm³/mol. The van der Waals surface area contributed by atoms with Crippen molar-refractivity contribution in [2.45, 2.75) is 46.2 Å². The fourth-order valence-electron chi connectivity index (χ4n) is 1.25. The van der Waals surface area contributed by atoms with Gasteiger partial charge in [0.2, 0.25) is 0 Å². The van der Waals surface area contributed by atoms with Crippen molar-refractivity contribution in [2.24, 2.45) is 5.73 Å². The van der Waals surface area contributed by atoms with E-state index in [-0.39, 0.29) is 0 Å². The molecule has 0 spiro atoms. The minimum atomic E-state index is -1.73. The molecule has 3 N–H and O–H groups in total. The number of nitrogens with one attached hydrogen (secondary N) is 1. The van der Waals surface area contributed by atoms with Gasteiger partial charge in [-0.2, -0.15) is 0 Å². The molecule has 0 aromatic rings. The quantitative estimate of drug-likeness (QED) is 0.493. The molecule has 1 rings (SSSR count). The molecular formula is C11H28N2O3Si. The van der Waals surface area contributed by atoms with Crippen LogP contribution in [-0.2, 0) is 13.3 Å². The first-order valence-corrected chi connectivity index (χ1v) is 7.89.